The zero-order chi connectivity index (χ0) is 36.2. The van der Waals surface area contributed by atoms with Crippen LogP contribution in [0.15, 0.2) is 95.9 Å². The van der Waals surface area contributed by atoms with Crippen LogP contribution in [0, 0.1) is 11.6 Å². The third-order valence-electron chi connectivity index (χ3n) is 7.15. The van der Waals surface area contributed by atoms with Crippen LogP contribution in [0.4, 0.5) is 20.2 Å². The zero-order valence-electron chi connectivity index (χ0n) is 26.5. The molecule has 1 heterocycles. The molecule has 4 aromatic carbocycles. The van der Waals surface area contributed by atoms with Gasteiger partial charge in [0.2, 0.25) is 0 Å². The van der Waals surface area contributed by atoms with Crippen LogP contribution in [0.25, 0.3) is 0 Å². The van der Waals surface area contributed by atoms with Crippen molar-refractivity contribution in [1.29, 1.82) is 0 Å². The molecule has 0 atom stereocenters. The number of carbonyl (C=O) groups excluding carboxylic acids is 3. The standard InChI is InChI=1S/C35H27ClF2N2O8S2/c1-4-47-28-13-10-24(17-29(28)46-3)40(2)50(44,45)30-19-31(36)49-33(30)34(42)39-23-15-21(14-22(37)16-23)35(43)48-25-11-12-26(27(38)18-25)32(41)20-8-6-5-7-9-20/h5-19H,4H2,1-3H3,(H,39,42). The molecular weight excluding hydrogens is 714 g/mol. The van der Waals surface area contributed by atoms with E-state index in [4.69, 9.17) is 25.8 Å². The number of anilines is 2. The molecule has 0 unspecified atom stereocenters. The Labute approximate surface area is 294 Å². The summed E-state index contributed by atoms with van der Waals surface area (Å²) in [5, 5.41) is 2.40. The number of esters is 1. The van der Waals surface area contributed by atoms with Gasteiger partial charge in [-0.15, -0.1) is 11.3 Å². The number of thiophene rings is 1. The smallest absolute Gasteiger partial charge is 0.343 e. The number of nitrogens with zero attached hydrogens (tertiary/aromatic N) is 1. The summed E-state index contributed by atoms with van der Waals surface area (Å²) in [5.74, 6) is -4.08. The van der Waals surface area contributed by atoms with Gasteiger partial charge in [0.05, 0.1) is 34.9 Å². The van der Waals surface area contributed by atoms with E-state index in [1.165, 1.54) is 44.5 Å². The van der Waals surface area contributed by atoms with Crippen molar-refractivity contribution < 1.29 is 45.8 Å². The Morgan fingerprint density at radius 1 is 0.900 bits per heavy atom. The average molecular weight is 741 g/mol. The molecule has 15 heteroatoms. The van der Waals surface area contributed by atoms with E-state index in [-0.39, 0.29) is 48.8 Å². The molecule has 0 saturated carbocycles. The summed E-state index contributed by atoms with van der Waals surface area (Å²) in [7, 11) is -1.69. The van der Waals surface area contributed by atoms with Crippen molar-refractivity contribution >= 4 is 62.0 Å². The maximum absolute atomic E-state index is 14.8. The maximum Gasteiger partial charge on any atom is 0.343 e. The Bertz CT molecular complexity index is 2210. The molecular formula is C35H27ClF2N2O8S2. The molecule has 0 fully saturated rings. The van der Waals surface area contributed by atoms with Crippen molar-refractivity contribution in [2.45, 2.75) is 11.8 Å². The summed E-state index contributed by atoms with van der Waals surface area (Å²) < 4.78 is 73.9. The monoisotopic (exact) mass is 740 g/mol. The predicted molar refractivity (Wildman–Crippen MR) is 185 cm³/mol. The van der Waals surface area contributed by atoms with Gasteiger partial charge in [0.1, 0.15) is 27.2 Å². The number of benzene rings is 4. The highest BCUT2D eigenvalue weighted by atomic mass is 35.5. The summed E-state index contributed by atoms with van der Waals surface area (Å²) in [4.78, 5) is 38.2. The Morgan fingerprint density at radius 3 is 2.32 bits per heavy atom. The van der Waals surface area contributed by atoms with Gasteiger partial charge >= 0.3 is 5.97 Å². The minimum atomic E-state index is -4.38. The molecule has 1 amide bonds. The molecule has 0 radical (unpaired) electrons. The number of halogens is 3. The van der Waals surface area contributed by atoms with Gasteiger partial charge in [0.15, 0.2) is 17.3 Å². The van der Waals surface area contributed by atoms with Crippen LogP contribution in [-0.4, -0.2) is 46.8 Å². The molecule has 5 aromatic rings. The molecule has 50 heavy (non-hydrogen) atoms. The molecule has 1 N–H and O–H groups in total. The second-order valence-corrected chi connectivity index (χ2v) is 14.0. The van der Waals surface area contributed by atoms with Crippen LogP contribution in [0.5, 0.6) is 17.2 Å². The number of nitrogens with one attached hydrogen (secondary N) is 1. The number of carbonyl (C=O) groups is 3. The number of ketones is 1. The summed E-state index contributed by atoms with van der Waals surface area (Å²) in [5.41, 5.74) is -0.349. The predicted octanol–water partition coefficient (Wildman–Crippen LogP) is 7.61. The first-order valence-electron chi connectivity index (χ1n) is 14.6. The Balaban J connectivity index is 1.35. The van der Waals surface area contributed by atoms with Gasteiger partial charge in [-0.25, -0.2) is 22.0 Å². The summed E-state index contributed by atoms with van der Waals surface area (Å²) in [6, 6.07) is 19.7. The van der Waals surface area contributed by atoms with Crippen molar-refractivity contribution in [3.63, 3.8) is 0 Å². The lowest BCUT2D eigenvalue weighted by atomic mass is 10.0. The minimum Gasteiger partial charge on any atom is -0.493 e. The van der Waals surface area contributed by atoms with E-state index in [0.29, 0.717) is 23.7 Å². The normalized spacial score (nSPS) is 11.1. The second kappa shape index (κ2) is 15.1. The van der Waals surface area contributed by atoms with E-state index in [2.05, 4.69) is 5.32 Å². The fourth-order valence-electron chi connectivity index (χ4n) is 4.73. The fraction of sp³-hybridized carbons (Fsp3) is 0.114. The Hall–Kier alpha value is -5.31. The molecule has 0 aliphatic heterocycles. The van der Waals surface area contributed by atoms with Crippen molar-refractivity contribution in [2.75, 3.05) is 30.4 Å². The van der Waals surface area contributed by atoms with Crippen LogP contribution >= 0.6 is 22.9 Å². The van der Waals surface area contributed by atoms with Crippen molar-refractivity contribution in [1.82, 2.24) is 0 Å². The number of sulfonamides is 1. The number of rotatable bonds is 12. The quantitative estimate of drug-likeness (QED) is 0.0787. The van der Waals surface area contributed by atoms with Crippen molar-refractivity contribution in [3.05, 3.63) is 129 Å². The van der Waals surface area contributed by atoms with E-state index in [9.17, 15) is 31.6 Å². The van der Waals surface area contributed by atoms with Gasteiger partial charge in [0, 0.05) is 30.4 Å². The molecule has 0 spiro atoms. The minimum absolute atomic E-state index is 0.0152. The van der Waals surface area contributed by atoms with Gasteiger partial charge in [-0.1, -0.05) is 41.9 Å². The first kappa shape index (κ1) is 36.0. The molecule has 0 aliphatic carbocycles. The third kappa shape index (κ3) is 7.77. The lowest BCUT2D eigenvalue weighted by Crippen LogP contribution is -2.28. The summed E-state index contributed by atoms with van der Waals surface area (Å²) in [6.45, 7) is 2.14. The highest BCUT2D eigenvalue weighted by molar-refractivity contribution is 7.93. The maximum atomic E-state index is 14.8. The third-order valence-corrected chi connectivity index (χ3v) is 10.3. The molecule has 258 valence electrons. The second-order valence-electron chi connectivity index (χ2n) is 10.4. The van der Waals surface area contributed by atoms with Gasteiger partial charge in [-0.3, -0.25) is 13.9 Å². The number of ether oxygens (including phenoxy) is 3. The van der Waals surface area contributed by atoms with Crippen LogP contribution in [0.3, 0.4) is 0 Å². The van der Waals surface area contributed by atoms with Gasteiger partial charge in [0.25, 0.3) is 15.9 Å². The number of methoxy groups -OCH3 is 1. The number of hydrogen-bond donors (Lipinski definition) is 1. The van der Waals surface area contributed by atoms with Crippen LogP contribution < -0.4 is 23.8 Å². The molecule has 0 bridgehead atoms. The highest BCUT2D eigenvalue weighted by Gasteiger charge is 2.31. The average Bonchev–Trinajstić information content (AvgIpc) is 3.51. The Kier molecular flexibility index (Phi) is 10.8. The first-order valence-corrected chi connectivity index (χ1v) is 17.3. The van der Waals surface area contributed by atoms with E-state index in [1.54, 1.807) is 31.2 Å². The summed E-state index contributed by atoms with van der Waals surface area (Å²) >= 11 is 6.84. The van der Waals surface area contributed by atoms with E-state index in [0.717, 1.165) is 40.7 Å². The molecule has 0 saturated heterocycles. The van der Waals surface area contributed by atoms with E-state index in [1.807, 2.05) is 0 Å². The van der Waals surface area contributed by atoms with Gasteiger partial charge < -0.3 is 19.5 Å². The Morgan fingerprint density at radius 2 is 1.64 bits per heavy atom. The van der Waals surface area contributed by atoms with Crippen LogP contribution in [0.1, 0.15) is 42.9 Å². The molecule has 0 aliphatic rings. The zero-order valence-corrected chi connectivity index (χ0v) is 28.9. The van der Waals surface area contributed by atoms with Crippen LogP contribution in [-0.2, 0) is 10.0 Å². The molecule has 1 aromatic heterocycles. The lowest BCUT2D eigenvalue weighted by Gasteiger charge is -2.21. The largest absolute Gasteiger partial charge is 0.493 e. The van der Waals surface area contributed by atoms with Gasteiger partial charge in [-0.05, 0) is 55.5 Å². The lowest BCUT2D eigenvalue weighted by molar-refractivity contribution is 0.0733. The van der Waals surface area contributed by atoms with E-state index >= 15 is 0 Å². The topological polar surface area (TPSA) is 128 Å². The van der Waals surface area contributed by atoms with E-state index < -0.39 is 44.2 Å². The van der Waals surface area contributed by atoms with Crippen molar-refractivity contribution in [3.8, 4) is 17.2 Å². The van der Waals surface area contributed by atoms with Crippen LogP contribution in [0.2, 0.25) is 4.34 Å². The van der Waals surface area contributed by atoms with Gasteiger partial charge in [-0.2, -0.15) is 0 Å². The molecule has 10 nitrogen and oxygen atoms in total. The summed E-state index contributed by atoms with van der Waals surface area (Å²) in [6.07, 6.45) is 0. The van der Waals surface area contributed by atoms with Crippen molar-refractivity contribution in [2.24, 2.45) is 0 Å². The SMILES string of the molecule is CCOc1ccc(N(C)S(=O)(=O)c2cc(Cl)sc2C(=O)Nc2cc(F)cc(C(=O)Oc3ccc(C(=O)c4ccccc4)c(F)c3)c2)cc1OC. The number of amides is 1. The highest BCUT2D eigenvalue weighted by Crippen LogP contribution is 2.37. The molecule has 5 rings (SSSR count). The first-order chi connectivity index (χ1) is 23.8. The number of hydrogen-bond acceptors (Lipinski definition) is 9. The fourth-order valence-corrected chi connectivity index (χ4v) is 7.61.